The third-order valence-electron chi connectivity index (χ3n) is 5.66. The standard InChI is InChI=1S/C21H32FN3O/c1-16(2)13-25(19-7-9-23(3)10-8-19)20-14-24(15-20)21(26)12-17-5-4-6-18(22)11-17/h4-6,11,16,19-20H,7-10,12-15H2,1-3H3. The summed E-state index contributed by atoms with van der Waals surface area (Å²) < 4.78 is 13.3. The van der Waals surface area contributed by atoms with Gasteiger partial charge in [0.05, 0.1) is 6.42 Å². The van der Waals surface area contributed by atoms with Gasteiger partial charge < -0.3 is 9.80 Å². The Balaban J connectivity index is 1.54. The highest BCUT2D eigenvalue weighted by atomic mass is 19.1. The van der Waals surface area contributed by atoms with Gasteiger partial charge >= 0.3 is 0 Å². The number of hydrogen-bond acceptors (Lipinski definition) is 3. The van der Waals surface area contributed by atoms with E-state index in [9.17, 15) is 9.18 Å². The van der Waals surface area contributed by atoms with Crippen LogP contribution in [-0.4, -0.2) is 72.5 Å². The molecule has 2 aliphatic rings. The summed E-state index contributed by atoms with van der Waals surface area (Å²) in [7, 11) is 2.19. The van der Waals surface area contributed by atoms with Crippen LogP contribution in [0.2, 0.25) is 0 Å². The number of rotatable bonds is 6. The van der Waals surface area contributed by atoms with E-state index in [1.54, 1.807) is 6.07 Å². The Bertz CT molecular complexity index is 607. The van der Waals surface area contributed by atoms with Crippen molar-refractivity contribution in [3.63, 3.8) is 0 Å². The number of halogens is 1. The van der Waals surface area contributed by atoms with Gasteiger partial charge in [-0.25, -0.2) is 4.39 Å². The van der Waals surface area contributed by atoms with E-state index in [1.165, 1.54) is 25.0 Å². The molecule has 0 atom stereocenters. The predicted octanol–water partition coefficient (Wildman–Crippen LogP) is 2.63. The van der Waals surface area contributed by atoms with Crippen molar-refractivity contribution in [2.24, 2.45) is 5.92 Å². The van der Waals surface area contributed by atoms with Gasteiger partial charge in [-0.3, -0.25) is 9.69 Å². The van der Waals surface area contributed by atoms with Gasteiger partial charge in [-0.2, -0.15) is 0 Å². The third kappa shape index (κ3) is 4.83. The van der Waals surface area contributed by atoms with Crippen LogP contribution in [0, 0.1) is 11.7 Å². The largest absolute Gasteiger partial charge is 0.339 e. The highest BCUT2D eigenvalue weighted by molar-refractivity contribution is 5.79. The molecular weight excluding hydrogens is 329 g/mol. The summed E-state index contributed by atoms with van der Waals surface area (Å²) in [5.41, 5.74) is 0.757. The fraction of sp³-hybridized carbons (Fsp3) is 0.667. The van der Waals surface area contributed by atoms with Crippen molar-refractivity contribution in [3.8, 4) is 0 Å². The molecule has 4 nitrogen and oxygen atoms in total. The van der Waals surface area contributed by atoms with Crippen LogP contribution in [0.5, 0.6) is 0 Å². The minimum absolute atomic E-state index is 0.111. The Kier molecular flexibility index (Phi) is 6.30. The third-order valence-corrected chi connectivity index (χ3v) is 5.66. The van der Waals surface area contributed by atoms with Crippen LogP contribution in [0.3, 0.4) is 0 Å². The molecule has 5 heteroatoms. The number of hydrogen-bond donors (Lipinski definition) is 0. The van der Waals surface area contributed by atoms with Crippen LogP contribution in [0.4, 0.5) is 4.39 Å². The van der Waals surface area contributed by atoms with Crippen molar-refractivity contribution in [2.45, 2.75) is 45.2 Å². The highest BCUT2D eigenvalue weighted by Gasteiger charge is 2.38. The van der Waals surface area contributed by atoms with Gasteiger partial charge in [0.25, 0.3) is 0 Å². The van der Waals surface area contributed by atoms with Crippen molar-refractivity contribution in [1.29, 1.82) is 0 Å². The van der Waals surface area contributed by atoms with E-state index < -0.39 is 0 Å². The van der Waals surface area contributed by atoms with Crippen LogP contribution >= 0.6 is 0 Å². The van der Waals surface area contributed by atoms with E-state index in [2.05, 4.69) is 30.7 Å². The summed E-state index contributed by atoms with van der Waals surface area (Å²) in [6.07, 6.45) is 2.73. The molecule has 2 aliphatic heterocycles. The van der Waals surface area contributed by atoms with Crippen LogP contribution < -0.4 is 0 Å². The molecule has 0 N–H and O–H groups in total. The van der Waals surface area contributed by atoms with Crippen LogP contribution in [0.15, 0.2) is 24.3 Å². The first-order chi connectivity index (χ1) is 12.4. The molecule has 1 amide bonds. The summed E-state index contributed by atoms with van der Waals surface area (Å²) >= 11 is 0. The van der Waals surface area contributed by atoms with Crippen LogP contribution in [0.1, 0.15) is 32.3 Å². The minimum atomic E-state index is -0.276. The van der Waals surface area contributed by atoms with E-state index in [-0.39, 0.29) is 11.7 Å². The Morgan fingerprint density at radius 2 is 1.92 bits per heavy atom. The van der Waals surface area contributed by atoms with E-state index in [1.807, 2.05) is 11.0 Å². The van der Waals surface area contributed by atoms with Gasteiger partial charge in [-0.15, -0.1) is 0 Å². The van der Waals surface area contributed by atoms with Crippen molar-refractivity contribution in [3.05, 3.63) is 35.6 Å². The SMILES string of the molecule is CC(C)CN(C1CCN(C)CC1)C1CN(C(=O)Cc2cccc(F)c2)C1. The second-order valence-corrected chi connectivity index (χ2v) is 8.38. The smallest absolute Gasteiger partial charge is 0.227 e. The molecule has 0 unspecified atom stereocenters. The van der Waals surface area contributed by atoms with Crippen LogP contribution in [-0.2, 0) is 11.2 Å². The number of nitrogens with zero attached hydrogens (tertiary/aromatic N) is 3. The zero-order valence-electron chi connectivity index (χ0n) is 16.3. The lowest BCUT2D eigenvalue weighted by Crippen LogP contribution is -2.64. The van der Waals surface area contributed by atoms with Gasteiger partial charge in [0.1, 0.15) is 5.82 Å². The average molecular weight is 362 g/mol. The Labute approximate surface area is 157 Å². The van der Waals surface area contributed by atoms with Crippen molar-refractivity contribution in [1.82, 2.24) is 14.7 Å². The summed E-state index contributed by atoms with van der Waals surface area (Å²) in [6.45, 7) is 9.59. The van der Waals surface area contributed by atoms with Gasteiger partial charge in [-0.1, -0.05) is 26.0 Å². The molecule has 3 rings (SSSR count). The Morgan fingerprint density at radius 1 is 1.23 bits per heavy atom. The lowest BCUT2D eigenvalue weighted by atomic mass is 9.96. The summed E-state index contributed by atoms with van der Waals surface area (Å²) in [5, 5.41) is 0. The maximum Gasteiger partial charge on any atom is 0.227 e. The lowest BCUT2D eigenvalue weighted by Gasteiger charge is -2.50. The first-order valence-corrected chi connectivity index (χ1v) is 9.89. The van der Waals surface area contributed by atoms with Crippen LogP contribution in [0.25, 0.3) is 0 Å². The van der Waals surface area contributed by atoms with Gasteiger partial charge in [0, 0.05) is 31.7 Å². The van der Waals surface area contributed by atoms with Gasteiger partial charge in [-0.05, 0) is 56.6 Å². The lowest BCUT2D eigenvalue weighted by molar-refractivity contribution is -0.139. The minimum Gasteiger partial charge on any atom is -0.339 e. The highest BCUT2D eigenvalue weighted by Crippen LogP contribution is 2.25. The van der Waals surface area contributed by atoms with Gasteiger partial charge in [0.15, 0.2) is 0 Å². The Morgan fingerprint density at radius 3 is 2.54 bits per heavy atom. The quantitative estimate of drug-likeness (QED) is 0.779. The number of carbonyl (C=O) groups is 1. The first kappa shape index (κ1) is 19.3. The molecule has 26 heavy (non-hydrogen) atoms. The van der Waals surface area contributed by atoms with Crippen molar-refractivity contribution < 1.29 is 9.18 Å². The van der Waals surface area contributed by atoms with E-state index in [0.717, 1.165) is 38.3 Å². The van der Waals surface area contributed by atoms with E-state index in [4.69, 9.17) is 0 Å². The number of amides is 1. The molecule has 2 saturated heterocycles. The molecule has 1 aromatic rings. The maximum absolute atomic E-state index is 13.3. The molecule has 2 fully saturated rings. The molecule has 0 aliphatic carbocycles. The number of benzene rings is 1. The zero-order valence-corrected chi connectivity index (χ0v) is 16.3. The maximum atomic E-state index is 13.3. The summed E-state index contributed by atoms with van der Waals surface area (Å²) in [4.78, 5) is 19.5. The first-order valence-electron chi connectivity index (χ1n) is 9.89. The molecule has 0 radical (unpaired) electrons. The van der Waals surface area contributed by atoms with E-state index >= 15 is 0 Å². The molecule has 0 saturated carbocycles. The number of likely N-dealkylation sites (tertiary alicyclic amines) is 2. The monoisotopic (exact) mass is 361 g/mol. The topological polar surface area (TPSA) is 26.8 Å². The average Bonchev–Trinajstić information content (AvgIpc) is 2.53. The van der Waals surface area contributed by atoms with Crippen molar-refractivity contribution in [2.75, 3.05) is 39.8 Å². The molecule has 0 aromatic heterocycles. The fourth-order valence-electron chi connectivity index (χ4n) is 4.15. The molecule has 2 heterocycles. The fourth-order valence-corrected chi connectivity index (χ4v) is 4.15. The Hall–Kier alpha value is -1.46. The molecular formula is C21H32FN3O. The second-order valence-electron chi connectivity index (χ2n) is 8.38. The van der Waals surface area contributed by atoms with E-state index in [0.29, 0.717) is 24.4 Å². The normalized spacial score (nSPS) is 20.0. The summed E-state index contributed by atoms with van der Waals surface area (Å²) in [5.74, 6) is 0.466. The zero-order chi connectivity index (χ0) is 18.7. The molecule has 1 aromatic carbocycles. The second kappa shape index (κ2) is 8.49. The predicted molar refractivity (Wildman–Crippen MR) is 103 cm³/mol. The van der Waals surface area contributed by atoms with Crippen molar-refractivity contribution >= 4 is 5.91 Å². The number of carbonyl (C=O) groups excluding carboxylic acids is 1. The molecule has 144 valence electrons. The molecule has 0 bridgehead atoms. The molecule has 0 spiro atoms. The number of piperidine rings is 1. The summed E-state index contributed by atoms with van der Waals surface area (Å²) in [6, 6.07) is 7.47. The van der Waals surface area contributed by atoms with Gasteiger partial charge in [0.2, 0.25) is 5.91 Å².